The van der Waals surface area contributed by atoms with Crippen LogP contribution in [-0.2, 0) is 11.3 Å². The highest BCUT2D eigenvalue weighted by molar-refractivity contribution is 9.10. The SMILES string of the molecule is Cl.O=C(O)C1CCN(Cc2coc(-c3ccc(Br)cc3)n2)C1. The minimum absolute atomic E-state index is 0. The molecule has 0 bridgehead atoms. The van der Waals surface area contributed by atoms with Crippen molar-refractivity contribution in [3.8, 4) is 11.5 Å². The molecule has 1 N–H and O–H groups in total. The van der Waals surface area contributed by atoms with Crippen molar-refractivity contribution in [1.82, 2.24) is 9.88 Å². The Bertz CT molecular complexity index is 644. The molecule has 5 nitrogen and oxygen atoms in total. The van der Waals surface area contributed by atoms with Gasteiger partial charge in [0, 0.05) is 23.1 Å². The topological polar surface area (TPSA) is 66.6 Å². The molecule has 3 rings (SSSR count). The molecule has 2 heterocycles. The van der Waals surface area contributed by atoms with E-state index in [2.05, 4.69) is 25.8 Å². The molecule has 1 fully saturated rings. The first kappa shape index (κ1) is 17.0. The minimum atomic E-state index is -0.715. The Hall–Kier alpha value is -1.37. The van der Waals surface area contributed by atoms with Gasteiger partial charge < -0.3 is 9.52 Å². The number of oxazole rings is 1. The lowest BCUT2D eigenvalue weighted by molar-refractivity contribution is -0.141. The summed E-state index contributed by atoms with van der Waals surface area (Å²) in [6.07, 6.45) is 2.35. The summed E-state index contributed by atoms with van der Waals surface area (Å²) in [5, 5.41) is 9.01. The summed E-state index contributed by atoms with van der Waals surface area (Å²) >= 11 is 3.39. The fourth-order valence-electron chi connectivity index (χ4n) is 2.51. The Balaban J connectivity index is 0.00000176. The van der Waals surface area contributed by atoms with Crippen LogP contribution >= 0.6 is 28.3 Å². The van der Waals surface area contributed by atoms with Crippen LogP contribution in [0.25, 0.3) is 11.5 Å². The third-order valence-electron chi connectivity index (χ3n) is 3.65. The van der Waals surface area contributed by atoms with Gasteiger partial charge in [0.15, 0.2) is 0 Å². The second kappa shape index (κ2) is 7.26. The van der Waals surface area contributed by atoms with Gasteiger partial charge in [0.1, 0.15) is 6.26 Å². The lowest BCUT2D eigenvalue weighted by Crippen LogP contribution is -2.22. The summed E-state index contributed by atoms with van der Waals surface area (Å²) in [5.74, 6) is -0.387. The normalized spacial score (nSPS) is 18.1. The van der Waals surface area contributed by atoms with E-state index >= 15 is 0 Å². The number of carboxylic acid groups (broad SMARTS) is 1. The third-order valence-corrected chi connectivity index (χ3v) is 4.18. The highest BCUT2D eigenvalue weighted by Crippen LogP contribution is 2.23. The van der Waals surface area contributed by atoms with E-state index in [1.54, 1.807) is 6.26 Å². The maximum atomic E-state index is 11.0. The van der Waals surface area contributed by atoms with Crippen LogP contribution in [0, 0.1) is 5.92 Å². The zero-order valence-electron chi connectivity index (χ0n) is 11.7. The summed E-state index contributed by atoms with van der Waals surface area (Å²) < 4.78 is 6.51. The molecule has 0 aliphatic carbocycles. The molecule has 1 aromatic heterocycles. The number of carbonyl (C=O) groups is 1. The monoisotopic (exact) mass is 386 g/mol. The summed E-state index contributed by atoms with van der Waals surface area (Å²) in [4.78, 5) is 17.5. The first-order chi connectivity index (χ1) is 10.1. The molecule has 2 aromatic rings. The maximum absolute atomic E-state index is 11.0. The lowest BCUT2D eigenvalue weighted by Gasteiger charge is -2.12. The molecule has 1 aliphatic heterocycles. The quantitative estimate of drug-likeness (QED) is 0.870. The van der Waals surface area contributed by atoms with E-state index < -0.39 is 5.97 Å². The summed E-state index contributed by atoms with van der Waals surface area (Å²) in [6, 6.07) is 7.76. The first-order valence-corrected chi connectivity index (χ1v) is 7.56. The number of carboxylic acids is 1. The molecule has 0 amide bonds. The van der Waals surface area contributed by atoms with Gasteiger partial charge in [-0.3, -0.25) is 9.69 Å². The number of hydrogen-bond donors (Lipinski definition) is 1. The molecule has 0 spiro atoms. The predicted octanol–water partition coefficient (Wildman–Crippen LogP) is 3.43. The van der Waals surface area contributed by atoms with E-state index in [0.29, 0.717) is 25.4 Å². The Morgan fingerprint density at radius 1 is 1.41 bits per heavy atom. The molecule has 1 atom stereocenters. The van der Waals surface area contributed by atoms with Crippen molar-refractivity contribution in [2.45, 2.75) is 13.0 Å². The van der Waals surface area contributed by atoms with Gasteiger partial charge in [-0.2, -0.15) is 0 Å². The van der Waals surface area contributed by atoms with Gasteiger partial charge in [0.25, 0.3) is 0 Å². The Morgan fingerprint density at radius 3 is 2.77 bits per heavy atom. The van der Waals surface area contributed by atoms with E-state index in [4.69, 9.17) is 9.52 Å². The maximum Gasteiger partial charge on any atom is 0.307 e. The number of aromatic nitrogens is 1. The van der Waals surface area contributed by atoms with Gasteiger partial charge in [0.2, 0.25) is 5.89 Å². The molecule has 7 heteroatoms. The number of nitrogens with zero attached hydrogens (tertiary/aromatic N) is 2. The lowest BCUT2D eigenvalue weighted by atomic mass is 10.1. The predicted molar refractivity (Wildman–Crippen MR) is 87.9 cm³/mol. The molecule has 0 saturated carbocycles. The Morgan fingerprint density at radius 2 is 2.14 bits per heavy atom. The highest BCUT2D eigenvalue weighted by atomic mass is 79.9. The van der Waals surface area contributed by atoms with E-state index in [1.807, 2.05) is 24.3 Å². The summed E-state index contributed by atoms with van der Waals surface area (Å²) in [7, 11) is 0. The average molecular weight is 388 g/mol. The molecular formula is C15H16BrClN2O3. The van der Waals surface area contributed by atoms with Gasteiger partial charge in [-0.15, -0.1) is 12.4 Å². The van der Waals surface area contributed by atoms with E-state index in [-0.39, 0.29) is 18.3 Å². The minimum Gasteiger partial charge on any atom is -0.481 e. The molecule has 1 unspecified atom stereocenters. The van der Waals surface area contributed by atoms with Crippen LogP contribution in [0.4, 0.5) is 0 Å². The van der Waals surface area contributed by atoms with Gasteiger partial charge in [-0.25, -0.2) is 4.98 Å². The summed E-state index contributed by atoms with van der Waals surface area (Å²) in [5.41, 5.74) is 1.76. The van der Waals surface area contributed by atoms with Crippen molar-refractivity contribution in [2.24, 2.45) is 5.92 Å². The van der Waals surface area contributed by atoms with Crippen molar-refractivity contribution in [3.05, 3.63) is 40.7 Å². The Labute approximate surface area is 142 Å². The summed E-state index contributed by atoms with van der Waals surface area (Å²) in [6.45, 7) is 2.00. The Kier molecular flexibility index (Phi) is 5.61. The van der Waals surface area contributed by atoms with E-state index in [1.165, 1.54) is 0 Å². The fraction of sp³-hybridized carbons (Fsp3) is 0.333. The molecular weight excluding hydrogens is 372 g/mol. The van der Waals surface area contributed by atoms with E-state index in [9.17, 15) is 4.79 Å². The van der Waals surface area contributed by atoms with Gasteiger partial charge in [-0.05, 0) is 37.2 Å². The van der Waals surface area contributed by atoms with Crippen LogP contribution < -0.4 is 0 Å². The van der Waals surface area contributed by atoms with Crippen LogP contribution in [0.1, 0.15) is 12.1 Å². The molecule has 22 heavy (non-hydrogen) atoms. The van der Waals surface area contributed by atoms with Crippen molar-refractivity contribution < 1.29 is 14.3 Å². The van der Waals surface area contributed by atoms with Crippen molar-refractivity contribution in [2.75, 3.05) is 13.1 Å². The zero-order chi connectivity index (χ0) is 14.8. The molecule has 1 aromatic carbocycles. The molecule has 118 valence electrons. The number of hydrogen-bond acceptors (Lipinski definition) is 4. The number of benzene rings is 1. The second-order valence-corrected chi connectivity index (χ2v) is 6.13. The van der Waals surface area contributed by atoms with Gasteiger partial charge in [-0.1, -0.05) is 15.9 Å². The van der Waals surface area contributed by atoms with Gasteiger partial charge in [0.05, 0.1) is 11.6 Å². The van der Waals surface area contributed by atoms with Crippen LogP contribution in [-0.4, -0.2) is 34.0 Å². The van der Waals surface area contributed by atoms with Crippen LogP contribution in [0.15, 0.2) is 39.4 Å². The van der Waals surface area contributed by atoms with Crippen molar-refractivity contribution in [3.63, 3.8) is 0 Å². The third kappa shape index (κ3) is 3.88. The van der Waals surface area contributed by atoms with E-state index in [0.717, 1.165) is 22.3 Å². The number of aliphatic carboxylic acids is 1. The fourth-order valence-corrected chi connectivity index (χ4v) is 2.78. The number of likely N-dealkylation sites (tertiary alicyclic amines) is 1. The standard InChI is InChI=1S/C15H15BrN2O3.ClH/c16-12-3-1-10(2-4-12)14-17-13(9-21-14)8-18-6-5-11(7-18)15(19)20;/h1-4,9,11H,5-8H2,(H,19,20);1H. The zero-order valence-corrected chi connectivity index (χ0v) is 14.1. The number of rotatable bonds is 4. The molecule has 1 aliphatic rings. The van der Waals surface area contributed by atoms with Crippen molar-refractivity contribution >= 4 is 34.3 Å². The highest BCUT2D eigenvalue weighted by Gasteiger charge is 2.28. The number of halogens is 2. The largest absolute Gasteiger partial charge is 0.481 e. The molecule has 0 radical (unpaired) electrons. The smallest absolute Gasteiger partial charge is 0.307 e. The van der Waals surface area contributed by atoms with Crippen molar-refractivity contribution in [1.29, 1.82) is 0 Å². The first-order valence-electron chi connectivity index (χ1n) is 6.77. The molecule has 1 saturated heterocycles. The van der Waals surface area contributed by atoms with Crippen LogP contribution in [0.2, 0.25) is 0 Å². The van der Waals surface area contributed by atoms with Crippen LogP contribution in [0.3, 0.4) is 0 Å². The average Bonchev–Trinajstić information content (AvgIpc) is 3.10. The second-order valence-electron chi connectivity index (χ2n) is 5.21. The van der Waals surface area contributed by atoms with Crippen LogP contribution in [0.5, 0.6) is 0 Å². The van der Waals surface area contributed by atoms with Gasteiger partial charge >= 0.3 is 5.97 Å².